The van der Waals surface area contributed by atoms with Gasteiger partial charge in [0.15, 0.2) is 0 Å². The number of aromatic nitrogens is 1. The van der Waals surface area contributed by atoms with Crippen LogP contribution in [0.5, 0.6) is 0 Å². The summed E-state index contributed by atoms with van der Waals surface area (Å²) in [4.78, 5) is 25.9. The van der Waals surface area contributed by atoms with Crippen molar-refractivity contribution in [1.29, 1.82) is 0 Å². The van der Waals surface area contributed by atoms with Gasteiger partial charge in [-0.3, -0.25) is 9.59 Å². The summed E-state index contributed by atoms with van der Waals surface area (Å²) in [6, 6.07) is 5.64. The molecule has 0 aliphatic carbocycles. The van der Waals surface area contributed by atoms with Crippen LogP contribution in [0.2, 0.25) is 5.02 Å². The molecule has 1 aromatic carbocycles. The highest BCUT2D eigenvalue weighted by Crippen LogP contribution is 2.29. The molecule has 0 spiro atoms. The van der Waals surface area contributed by atoms with Gasteiger partial charge in [-0.05, 0) is 44.5 Å². The van der Waals surface area contributed by atoms with E-state index in [0.29, 0.717) is 30.4 Å². The van der Waals surface area contributed by atoms with E-state index in [1.165, 1.54) is 0 Å². The fourth-order valence-corrected chi connectivity index (χ4v) is 3.05. The minimum Gasteiger partial charge on any atom is -0.466 e. The second kappa shape index (κ2) is 7.71. The maximum Gasteiger partial charge on any atom is 0.307 e. The van der Waals surface area contributed by atoms with Crippen LogP contribution in [0.4, 0.5) is 0 Å². The third-order valence-electron chi connectivity index (χ3n) is 4.10. The van der Waals surface area contributed by atoms with Crippen LogP contribution in [0, 0.1) is 6.92 Å². The number of fused-ring (bicyclic) bond motifs is 1. The van der Waals surface area contributed by atoms with Crippen molar-refractivity contribution in [2.24, 2.45) is 0 Å². The fourth-order valence-electron chi connectivity index (χ4n) is 2.87. The summed E-state index contributed by atoms with van der Waals surface area (Å²) < 4.78 is 6.90. The molecule has 0 bridgehead atoms. The van der Waals surface area contributed by atoms with Crippen LogP contribution in [0.3, 0.4) is 0 Å². The average Bonchev–Trinajstić information content (AvgIpc) is 2.83. The normalized spacial score (nSPS) is 10.9. The molecule has 5 nitrogen and oxygen atoms in total. The maximum absolute atomic E-state index is 12.9. The standard InChI is InChI=1S/C18H23ClN2O3/c1-5-21-15-8-7-13(19)11-14(15)12(3)17(21)18(23)20(4)10-9-16(22)24-6-2/h7-8,11H,5-6,9-10H2,1-4H3. The average molecular weight is 351 g/mol. The van der Waals surface area contributed by atoms with Gasteiger partial charge in [0.2, 0.25) is 0 Å². The molecule has 0 aliphatic heterocycles. The van der Waals surface area contributed by atoms with Crippen molar-refractivity contribution in [3.8, 4) is 0 Å². The number of amides is 1. The van der Waals surface area contributed by atoms with E-state index in [-0.39, 0.29) is 18.3 Å². The van der Waals surface area contributed by atoms with Gasteiger partial charge in [0.25, 0.3) is 5.91 Å². The Balaban J connectivity index is 2.31. The first-order chi connectivity index (χ1) is 11.4. The Labute approximate surface area is 147 Å². The van der Waals surface area contributed by atoms with Crippen LogP contribution in [-0.4, -0.2) is 41.5 Å². The molecule has 0 aliphatic rings. The predicted octanol–water partition coefficient (Wildman–Crippen LogP) is 3.65. The van der Waals surface area contributed by atoms with Gasteiger partial charge in [-0.15, -0.1) is 0 Å². The molecular formula is C18H23ClN2O3. The smallest absolute Gasteiger partial charge is 0.307 e. The number of carbonyl (C=O) groups is 2. The minimum atomic E-state index is -0.295. The van der Waals surface area contributed by atoms with Gasteiger partial charge in [-0.2, -0.15) is 0 Å². The maximum atomic E-state index is 12.9. The second-order valence-electron chi connectivity index (χ2n) is 5.66. The molecule has 0 fully saturated rings. The van der Waals surface area contributed by atoms with Crippen LogP contribution in [0.15, 0.2) is 18.2 Å². The van der Waals surface area contributed by atoms with E-state index in [0.717, 1.165) is 16.5 Å². The monoisotopic (exact) mass is 350 g/mol. The van der Waals surface area contributed by atoms with E-state index in [4.69, 9.17) is 16.3 Å². The van der Waals surface area contributed by atoms with Crippen LogP contribution in [0.1, 0.15) is 36.3 Å². The Morgan fingerprint density at radius 3 is 2.62 bits per heavy atom. The molecule has 2 aromatic rings. The molecule has 2 rings (SSSR count). The number of carbonyl (C=O) groups excluding carboxylic acids is 2. The van der Waals surface area contributed by atoms with Crippen molar-refractivity contribution in [2.45, 2.75) is 33.7 Å². The van der Waals surface area contributed by atoms with E-state index in [1.807, 2.05) is 36.6 Å². The quantitative estimate of drug-likeness (QED) is 0.747. The number of nitrogens with zero attached hydrogens (tertiary/aromatic N) is 2. The summed E-state index contributed by atoms with van der Waals surface area (Å²) in [7, 11) is 1.70. The van der Waals surface area contributed by atoms with Gasteiger partial charge in [-0.1, -0.05) is 11.6 Å². The zero-order valence-corrected chi connectivity index (χ0v) is 15.3. The van der Waals surface area contributed by atoms with Gasteiger partial charge in [0, 0.05) is 36.1 Å². The molecule has 0 radical (unpaired) electrons. The first-order valence-corrected chi connectivity index (χ1v) is 8.47. The molecule has 6 heteroatoms. The SMILES string of the molecule is CCOC(=O)CCN(C)C(=O)c1c(C)c2cc(Cl)ccc2n1CC. The van der Waals surface area contributed by atoms with E-state index < -0.39 is 0 Å². The number of rotatable bonds is 6. The van der Waals surface area contributed by atoms with E-state index in [1.54, 1.807) is 18.9 Å². The van der Waals surface area contributed by atoms with Crippen molar-refractivity contribution in [2.75, 3.05) is 20.2 Å². The Hall–Kier alpha value is -2.01. The predicted molar refractivity (Wildman–Crippen MR) is 95.6 cm³/mol. The summed E-state index contributed by atoms with van der Waals surface area (Å²) in [5, 5.41) is 1.63. The molecule has 0 saturated heterocycles. The Kier molecular flexibility index (Phi) is 5.89. The van der Waals surface area contributed by atoms with Gasteiger partial charge in [0.05, 0.1) is 13.0 Å². The van der Waals surface area contributed by atoms with Crippen LogP contribution >= 0.6 is 11.6 Å². The molecule has 1 amide bonds. The zero-order valence-electron chi connectivity index (χ0n) is 14.6. The number of hydrogen-bond donors (Lipinski definition) is 0. The van der Waals surface area contributed by atoms with Crippen molar-refractivity contribution >= 4 is 34.4 Å². The minimum absolute atomic E-state index is 0.106. The first kappa shape index (κ1) is 18.3. The topological polar surface area (TPSA) is 51.5 Å². The molecule has 0 atom stereocenters. The highest BCUT2D eigenvalue weighted by molar-refractivity contribution is 6.31. The number of hydrogen-bond acceptors (Lipinski definition) is 3. The lowest BCUT2D eigenvalue weighted by Crippen LogP contribution is -2.31. The number of esters is 1. The van der Waals surface area contributed by atoms with Crippen LogP contribution < -0.4 is 0 Å². The molecule has 130 valence electrons. The summed E-state index contributed by atoms with van der Waals surface area (Å²) in [5.74, 6) is -0.400. The highest BCUT2D eigenvalue weighted by atomic mass is 35.5. The Bertz CT molecular complexity index is 767. The largest absolute Gasteiger partial charge is 0.466 e. The van der Waals surface area contributed by atoms with Crippen LogP contribution in [-0.2, 0) is 16.1 Å². The van der Waals surface area contributed by atoms with Gasteiger partial charge in [0.1, 0.15) is 5.69 Å². The number of halogens is 1. The van der Waals surface area contributed by atoms with Crippen LogP contribution in [0.25, 0.3) is 10.9 Å². The number of benzene rings is 1. The lowest BCUT2D eigenvalue weighted by Gasteiger charge is -2.18. The third-order valence-corrected chi connectivity index (χ3v) is 4.34. The summed E-state index contributed by atoms with van der Waals surface area (Å²) in [6.07, 6.45) is 0.188. The molecule has 0 N–H and O–H groups in total. The molecule has 1 heterocycles. The first-order valence-electron chi connectivity index (χ1n) is 8.10. The molecule has 0 unspecified atom stereocenters. The summed E-state index contributed by atoms with van der Waals surface area (Å²) >= 11 is 6.10. The third kappa shape index (κ3) is 3.56. The highest BCUT2D eigenvalue weighted by Gasteiger charge is 2.22. The Morgan fingerprint density at radius 1 is 1.29 bits per heavy atom. The van der Waals surface area contributed by atoms with Crippen molar-refractivity contribution < 1.29 is 14.3 Å². The van der Waals surface area contributed by atoms with E-state index in [9.17, 15) is 9.59 Å². The molecular weight excluding hydrogens is 328 g/mol. The van der Waals surface area contributed by atoms with Gasteiger partial charge < -0.3 is 14.2 Å². The Morgan fingerprint density at radius 2 is 2.00 bits per heavy atom. The van der Waals surface area contributed by atoms with Gasteiger partial charge >= 0.3 is 5.97 Å². The fraction of sp³-hybridized carbons (Fsp3) is 0.444. The van der Waals surface area contributed by atoms with E-state index in [2.05, 4.69) is 0 Å². The number of ether oxygens (including phenoxy) is 1. The molecule has 0 saturated carbocycles. The number of aryl methyl sites for hydroxylation is 2. The lowest BCUT2D eigenvalue weighted by atomic mass is 10.1. The van der Waals surface area contributed by atoms with Gasteiger partial charge in [-0.25, -0.2) is 0 Å². The van der Waals surface area contributed by atoms with Crippen molar-refractivity contribution in [3.05, 3.63) is 34.5 Å². The van der Waals surface area contributed by atoms with E-state index >= 15 is 0 Å². The molecule has 1 aromatic heterocycles. The zero-order chi connectivity index (χ0) is 17.9. The summed E-state index contributed by atoms with van der Waals surface area (Å²) in [6.45, 7) is 7.05. The van der Waals surface area contributed by atoms with Crippen molar-refractivity contribution in [3.63, 3.8) is 0 Å². The molecule has 24 heavy (non-hydrogen) atoms. The lowest BCUT2D eigenvalue weighted by molar-refractivity contribution is -0.143. The van der Waals surface area contributed by atoms with Crippen molar-refractivity contribution in [1.82, 2.24) is 9.47 Å². The second-order valence-corrected chi connectivity index (χ2v) is 6.10. The summed E-state index contributed by atoms with van der Waals surface area (Å²) in [5.41, 5.74) is 2.53.